The molecule has 0 saturated carbocycles. The quantitative estimate of drug-likeness (QED) is 0.621. The average Bonchev–Trinajstić information content (AvgIpc) is 3.05. The van der Waals surface area contributed by atoms with Crippen molar-refractivity contribution in [3.63, 3.8) is 0 Å². The van der Waals surface area contributed by atoms with E-state index < -0.39 is 21.8 Å². The Kier molecular flexibility index (Phi) is 5.47. The van der Waals surface area contributed by atoms with Crippen LogP contribution in [-0.4, -0.2) is 36.8 Å². The number of hydrogen-bond donors (Lipinski definition) is 0. The van der Waals surface area contributed by atoms with E-state index in [1.807, 2.05) is 51.1 Å². The molecule has 2 aromatic carbocycles. The van der Waals surface area contributed by atoms with E-state index in [0.29, 0.717) is 17.4 Å². The molecule has 1 aliphatic heterocycles. The van der Waals surface area contributed by atoms with E-state index in [2.05, 4.69) is 0 Å². The van der Waals surface area contributed by atoms with Gasteiger partial charge in [-0.15, -0.1) is 0 Å². The highest BCUT2D eigenvalue weighted by Gasteiger charge is 2.36. The molecule has 4 rings (SSSR count). The molecule has 1 aromatic heterocycles. The second-order valence-corrected chi connectivity index (χ2v) is 10.6. The van der Waals surface area contributed by atoms with Crippen molar-refractivity contribution >= 4 is 26.7 Å². The summed E-state index contributed by atoms with van der Waals surface area (Å²) in [6, 6.07) is 12.1. The van der Waals surface area contributed by atoms with Gasteiger partial charge in [0.05, 0.1) is 16.9 Å². The Balaban J connectivity index is 1.76. The number of sulfone groups is 1. The fourth-order valence-electron chi connectivity index (χ4n) is 4.19. The first-order valence-corrected chi connectivity index (χ1v) is 12.1. The number of hydrogen-bond acceptors (Lipinski definition) is 5. The zero-order valence-electron chi connectivity index (χ0n) is 17.8. The summed E-state index contributed by atoms with van der Waals surface area (Å²) in [7, 11) is -3.20. The molecule has 1 aliphatic rings. The molecule has 1 saturated heterocycles. The van der Waals surface area contributed by atoms with Gasteiger partial charge in [-0.3, -0.25) is 9.59 Å². The summed E-state index contributed by atoms with van der Waals surface area (Å²) in [5.74, 6) is -0.574. The SMILES string of the molecule is Cc1ccc(CN(C(=O)c2cc(=O)c3c(C)cc(C)cc3o2)[C@@H]2CCS(=O)(=O)C2)cc1. The van der Waals surface area contributed by atoms with E-state index >= 15 is 0 Å². The summed E-state index contributed by atoms with van der Waals surface area (Å²) in [5, 5.41) is 0.454. The minimum absolute atomic E-state index is 0.0510. The van der Waals surface area contributed by atoms with Crippen LogP contribution in [0.2, 0.25) is 0 Å². The van der Waals surface area contributed by atoms with Crippen molar-refractivity contribution < 1.29 is 17.6 Å². The summed E-state index contributed by atoms with van der Waals surface area (Å²) >= 11 is 0. The summed E-state index contributed by atoms with van der Waals surface area (Å²) in [5.41, 5.74) is 3.78. The van der Waals surface area contributed by atoms with Gasteiger partial charge in [0.1, 0.15) is 5.58 Å². The lowest BCUT2D eigenvalue weighted by Gasteiger charge is -2.28. The zero-order valence-corrected chi connectivity index (χ0v) is 18.7. The number of carbonyl (C=O) groups excluding carboxylic acids is 1. The van der Waals surface area contributed by atoms with Crippen molar-refractivity contribution in [2.24, 2.45) is 0 Å². The van der Waals surface area contributed by atoms with E-state index in [9.17, 15) is 18.0 Å². The number of amides is 1. The first-order valence-electron chi connectivity index (χ1n) is 10.2. The van der Waals surface area contributed by atoms with Gasteiger partial charge >= 0.3 is 0 Å². The predicted octanol–water partition coefficient (Wildman–Crippen LogP) is 3.55. The van der Waals surface area contributed by atoms with E-state index in [4.69, 9.17) is 4.42 Å². The van der Waals surface area contributed by atoms with Gasteiger partial charge in [-0.05, 0) is 49.9 Å². The second-order valence-electron chi connectivity index (χ2n) is 8.41. The molecule has 0 radical (unpaired) electrons. The maximum Gasteiger partial charge on any atom is 0.290 e. The minimum Gasteiger partial charge on any atom is -0.451 e. The van der Waals surface area contributed by atoms with Crippen molar-refractivity contribution in [3.8, 4) is 0 Å². The van der Waals surface area contributed by atoms with Gasteiger partial charge < -0.3 is 9.32 Å². The zero-order chi connectivity index (χ0) is 22.3. The van der Waals surface area contributed by atoms with Crippen molar-refractivity contribution in [2.75, 3.05) is 11.5 Å². The summed E-state index contributed by atoms with van der Waals surface area (Å²) in [4.78, 5) is 27.8. The van der Waals surface area contributed by atoms with Crippen LogP contribution in [0.5, 0.6) is 0 Å². The molecule has 2 heterocycles. The van der Waals surface area contributed by atoms with Crippen LogP contribution in [0.4, 0.5) is 0 Å². The van der Waals surface area contributed by atoms with Crippen LogP contribution in [0.3, 0.4) is 0 Å². The molecule has 1 atom stereocenters. The first kappa shape index (κ1) is 21.3. The highest BCUT2D eigenvalue weighted by atomic mass is 32.2. The molecule has 0 aliphatic carbocycles. The molecule has 0 unspecified atom stereocenters. The van der Waals surface area contributed by atoms with Crippen molar-refractivity contribution in [2.45, 2.75) is 39.8 Å². The Morgan fingerprint density at radius 1 is 1.06 bits per heavy atom. The van der Waals surface area contributed by atoms with Crippen LogP contribution >= 0.6 is 0 Å². The Morgan fingerprint density at radius 2 is 1.77 bits per heavy atom. The Hall–Kier alpha value is -2.93. The van der Waals surface area contributed by atoms with Crippen LogP contribution in [0.25, 0.3) is 11.0 Å². The van der Waals surface area contributed by atoms with Gasteiger partial charge in [-0.2, -0.15) is 0 Å². The summed E-state index contributed by atoms with van der Waals surface area (Å²) in [6.45, 7) is 5.95. The van der Waals surface area contributed by atoms with Gasteiger partial charge in [0.2, 0.25) is 0 Å². The molecule has 1 fully saturated rings. The Labute approximate surface area is 181 Å². The van der Waals surface area contributed by atoms with Gasteiger partial charge in [0.15, 0.2) is 21.0 Å². The van der Waals surface area contributed by atoms with Crippen LogP contribution in [0.1, 0.15) is 39.2 Å². The normalized spacial score (nSPS) is 17.7. The molecule has 0 bridgehead atoms. The molecule has 0 spiro atoms. The molecular formula is C24H25NO5S. The smallest absolute Gasteiger partial charge is 0.290 e. The van der Waals surface area contributed by atoms with E-state index in [1.54, 1.807) is 6.07 Å². The van der Waals surface area contributed by atoms with Crippen LogP contribution < -0.4 is 5.43 Å². The van der Waals surface area contributed by atoms with Gasteiger partial charge in [0.25, 0.3) is 5.91 Å². The van der Waals surface area contributed by atoms with Crippen molar-refractivity contribution in [1.29, 1.82) is 0 Å². The fourth-order valence-corrected chi connectivity index (χ4v) is 5.92. The lowest BCUT2D eigenvalue weighted by atomic mass is 10.1. The molecule has 6 nitrogen and oxygen atoms in total. The maximum atomic E-state index is 13.5. The second kappa shape index (κ2) is 7.96. The summed E-state index contributed by atoms with van der Waals surface area (Å²) < 4.78 is 30.1. The first-order chi connectivity index (χ1) is 14.6. The van der Waals surface area contributed by atoms with Gasteiger partial charge in [0, 0.05) is 18.7 Å². The van der Waals surface area contributed by atoms with Crippen molar-refractivity contribution in [1.82, 2.24) is 4.90 Å². The van der Waals surface area contributed by atoms with E-state index in [-0.39, 0.29) is 29.2 Å². The summed E-state index contributed by atoms with van der Waals surface area (Å²) in [6.07, 6.45) is 0.371. The highest BCUT2D eigenvalue weighted by molar-refractivity contribution is 7.91. The van der Waals surface area contributed by atoms with E-state index in [0.717, 1.165) is 22.3 Å². The van der Waals surface area contributed by atoms with Crippen LogP contribution in [0.15, 0.2) is 51.7 Å². The number of nitrogens with zero attached hydrogens (tertiary/aromatic N) is 1. The van der Waals surface area contributed by atoms with Crippen LogP contribution in [0, 0.1) is 20.8 Å². The highest BCUT2D eigenvalue weighted by Crippen LogP contribution is 2.24. The minimum atomic E-state index is -3.20. The molecular weight excluding hydrogens is 414 g/mol. The monoisotopic (exact) mass is 439 g/mol. The van der Waals surface area contributed by atoms with Gasteiger partial charge in [-0.25, -0.2) is 8.42 Å². The molecule has 0 N–H and O–H groups in total. The Morgan fingerprint density at radius 3 is 2.42 bits per heavy atom. The lowest BCUT2D eigenvalue weighted by molar-refractivity contribution is 0.0648. The number of benzene rings is 2. The number of carbonyl (C=O) groups is 1. The number of aryl methyl sites for hydroxylation is 3. The largest absolute Gasteiger partial charge is 0.451 e. The van der Waals surface area contributed by atoms with E-state index in [1.165, 1.54) is 11.0 Å². The van der Waals surface area contributed by atoms with Crippen LogP contribution in [-0.2, 0) is 16.4 Å². The molecule has 1 amide bonds. The fraction of sp³-hybridized carbons (Fsp3) is 0.333. The van der Waals surface area contributed by atoms with Gasteiger partial charge in [-0.1, -0.05) is 35.9 Å². The number of fused-ring (bicyclic) bond motifs is 1. The maximum absolute atomic E-state index is 13.5. The third-order valence-corrected chi connectivity index (χ3v) is 7.52. The molecule has 31 heavy (non-hydrogen) atoms. The third-order valence-electron chi connectivity index (χ3n) is 5.77. The topological polar surface area (TPSA) is 84.7 Å². The standard InChI is InChI=1S/C24H25NO5S/c1-15-4-6-18(7-5-15)13-25(19-8-9-31(28,29)14-19)24(27)22-12-20(26)23-17(3)10-16(2)11-21(23)30-22/h4-7,10-12,19H,8-9,13-14H2,1-3H3/t19-/m1/s1. The number of rotatable bonds is 4. The lowest BCUT2D eigenvalue weighted by Crippen LogP contribution is -2.41. The average molecular weight is 440 g/mol. The molecule has 162 valence electrons. The Bertz CT molecular complexity index is 1320. The van der Waals surface area contributed by atoms with Crippen molar-refractivity contribution in [3.05, 3.63) is 80.7 Å². The molecule has 3 aromatic rings. The third kappa shape index (κ3) is 4.42. The predicted molar refractivity (Wildman–Crippen MR) is 120 cm³/mol. The molecule has 7 heteroatoms.